The summed E-state index contributed by atoms with van der Waals surface area (Å²) in [5.74, 6) is -1.76. The summed E-state index contributed by atoms with van der Waals surface area (Å²) in [6, 6.07) is 4.41. The van der Waals surface area contributed by atoms with Crippen LogP contribution in [0, 0.1) is 0 Å². The zero-order valence-corrected chi connectivity index (χ0v) is 13.0. The second-order valence-corrected chi connectivity index (χ2v) is 6.05. The number of hydrogen-bond acceptors (Lipinski definition) is 5. The molecule has 0 aliphatic heterocycles. The highest BCUT2D eigenvalue weighted by Crippen LogP contribution is 2.12. The molecule has 0 aliphatic rings. The Labute approximate surface area is 128 Å². The number of aliphatic carboxylic acids is 1. The van der Waals surface area contributed by atoms with Gasteiger partial charge < -0.3 is 9.84 Å². The molecule has 0 unspecified atom stereocenters. The lowest BCUT2D eigenvalue weighted by Crippen LogP contribution is -2.38. The van der Waals surface area contributed by atoms with E-state index >= 15 is 0 Å². The van der Waals surface area contributed by atoms with Crippen LogP contribution in [-0.2, 0) is 24.3 Å². The fourth-order valence-corrected chi connectivity index (χ4v) is 2.66. The standard InChI is InChI=1S/C14H17NO6S/c1-3-21-13(16)9-6-11-4-7-12(8-5-11)22(19,20)15-10(2)14(17)18/h4-10,15H,3H2,1-2H3,(H,17,18)/b9-6+/t10-/m1/s1. The minimum atomic E-state index is -3.91. The quantitative estimate of drug-likeness (QED) is 0.571. The number of carboxylic acid groups (broad SMARTS) is 1. The highest BCUT2D eigenvalue weighted by atomic mass is 32.2. The summed E-state index contributed by atoms with van der Waals surface area (Å²) in [6.07, 6.45) is 2.72. The summed E-state index contributed by atoms with van der Waals surface area (Å²) in [5.41, 5.74) is 0.610. The van der Waals surface area contributed by atoms with E-state index in [9.17, 15) is 18.0 Å². The van der Waals surface area contributed by atoms with Crippen molar-refractivity contribution in [2.24, 2.45) is 0 Å². The number of carbonyl (C=O) groups is 2. The molecule has 0 saturated heterocycles. The number of benzene rings is 1. The van der Waals surface area contributed by atoms with Crippen molar-refractivity contribution in [2.45, 2.75) is 24.8 Å². The number of ether oxygens (including phenoxy) is 1. The van der Waals surface area contributed by atoms with Crippen molar-refractivity contribution in [2.75, 3.05) is 6.61 Å². The Kier molecular flexibility index (Phi) is 6.26. The molecule has 0 aliphatic carbocycles. The Balaban J connectivity index is 2.84. The molecule has 2 N–H and O–H groups in total. The lowest BCUT2D eigenvalue weighted by molar-refractivity contribution is -0.138. The van der Waals surface area contributed by atoms with E-state index in [0.717, 1.165) is 0 Å². The van der Waals surface area contributed by atoms with Crippen molar-refractivity contribution in [3.63, 3.8) is 0 Å². The number of esters is 1. The molecule has 0 radical (unpaired) electrons. The fourth-order valence-electron chi connectivity index (χ4n) is 1.46. The van der Waals surface area contributed by atoms with E-state index in [1.54, 1.807) is 6.92 Å². The third-order valence-corrected chi connectivity index (χ3v) is 4.15. The number of rotatable bonds is 7. The monoisotopic (exact) mass is 327 g/mol. The molecule has 0 heterocycles. The van der Waals surface area contributed by atoms with Crippen LogP contribution in [0.1, 0.15) is 19.4 Å². The number of carbonyl (C=O) groups excluding carboxylic acids is 1. The van der Waals surface area contributed by atoms with Crippen LogP contribution in [0.5, 0.6) is 0 Å². The van der Waals surface area contributed by atoms with Crippen molar-refractivity contribution in [1.29, 1.82) is 0 Å². The van der Waals surface area contributed by atoms with E-state index in [1.165, 1.54) is 43.3 Å². The molecule has 1 aromatic rings. The molecular formula is C14H17NO6S. The van der Waals surface area contributed by atoms with E-state index in [4.69, 9.17) is 9.84 Å². The molecule has 0 spiro atoms. The van der Waals surface area contributed by atoms with Crippen molar-refractivity contribution in [3.8, 4) is 0 Å². The van der Waals surface area contributed by atoms with Crippen LogP contribution in [0.15, 0.2) is 35.2 Å². The van der Waals surface area contributed by atoms with E-state index in [2.05, 4.69) is 0 Å². The van der Waals surface area contributed by atoms with Gasteiger partial charge in [-0.15, -0.1) is 0 Å². The third-order valence-electron chi connectivity index (χ3n) is 2.59. The topological polar surface area (TPSA) is 110 Å². The SMILES string of the molecule is CCOC(=O)/C=C/c1ccc(S(=O)(=O)N[C@H](C)C(=O)O)cc1. The van der Waals surface area contributed by atoms with E-state index in [-0.39, 0.29) is 11.5 Å². The van der Waals surface area contributed by atoms with Gasteiger partial charge in [0.15, 0.2) is 0 Å². The Hall–Kier alpha value is -2.19. The van der Waals surface area contributed by atoms with Gasteiger partial charge in [-0.2, -0.15) is 4.72 Å². The first kappa shape index (κ1) is 17.9. The number of hydrogen-bond donors (Lipinski definition) is 2. The van der Waals surface area contributed by atoms with Gasteiger partial charge in [-0.1, -0.05) is 12.1 Å². The first-order valence-electron chi connectivity index (χ1n) is 6.46. The number of sulfonamides is 1. The predicted octanol–water partition coefficient (Wildman–Crippen LogP) is 1.01. The van der Waals surface area contributed by atoms with Gasteiger partial charge in [0.2, 0.25) is 10.0 Å². The molecule has 0 bridgehead atoms. The zero-order chi connectivity index (χ0) is 16.8. The van der Waals surface area contributed by atoms with Crippen LogP contribution >= 0.6 is 0 Å². The molecule has 120 valence electrons. The zero-order valence-electron chi connectivity index (χ0n) is 12.1. The van der Waals surface area contributed by atoms with Gasteiger partial charge >= 0.3 is 11.9 Å². The van der Waals surface area contributed by atoms with Gasteiger partial charge in [0.25, 0.3) is 0 Å². The van der Waals surface area contributed by atoms with Crippen molar-refractivity contribution in [3.05, 3.63) is 35.9 Å². The van der Waals surface area contributed by atoms with Crippen molar-refractivity contribution >= 4 is 28.0 Å². The smallest absolute Gasteiger partial charge is 0.330 e. The van der Waals surface area contributed by atoms with Crippen LogP contribution < -0.4 is 4.72 Å². The van der Waals surface area contributed by atoms with E-state index in [1.807, 2.05) is 4.72 Å². The van der Waals surface area contributed by atoms with Gasteiger partial charge in [0.05, 0.1) is 11.5 Å². The molecule has 0 aromatic heterocycles. The second kappa shape index (κ2) is 7.71. The fraction of sp³-hybridized carbons (Fsp3) is 0.286. The van der Waals surface area contributed by atoms with Crippen LogP contribution in [-0.4, -0.2) is 38.1 Å². The molecule has 0 saturated carbocycles. The summed E-state index contributed by atoms with van der Waals surface area (Å²) in [6.45, 7) is 3.20. The largest absolute Gasteiger partial charge is 0.480 e. The maximum absolute atomic E-state index is 11.9. The number of nitrogens with one attached hydrogen (secondary N) is 1. The molecule has 0 amide bonds. The summed E-state index contributed by atoms with van der Waals surface area (Å²) in [4.78, 5) is 21.8. The number of carboxylic acids is 1. The molecule has 22 heavy (non-hydrogen) atoms. The minimum absolute atomic E-state index is 0.0612. The Morgan fingerprint density at radius 2 is 1.91 bits per heavy atom. The van der Waals surface area contributed by atoms with Crippen molar-refractivity contribution < 1.29 is 27.9 Å². The molecule has 7 nitrogen and oxygen atoms in total. The highest BCUT2D eigenvalue weighted by Gasteiger charge is 2.21. The lowest BCUT2D eigenvalue weighted by atomic mass is 10.2. The highest BCUT2D eigenvalue weighted by molar-refractivity contribution is 7.89. The maximum Gasteiger partial charge on any atom is 0.330 e. The predicted molar refractivity (Wildman–Crippen MR) is 79.5 cm³/mol. The van der Waals surface area contributed by atoms with E-state index in [0.29, 0.717) is 5.56 Å². The van der Waals surface area contributed by atoms with Gasteiger partial charge in [-0.3, -0.25) is 4.79 Å². The Morgan fingerprint density at radius 1 is 1.32 bits per heavy atom. The first-order chi connectivity index (χ1) is 10.3. The Bertz CT molecular complexity index is 663. The third kappa shape index (κ3) is 5.30. The normalized spacial score (nSPS) is 13.0. The lowest BCUT2D eigenvalue weighted by Gasteiger charge is -2.10. The average Bonchev–Trinajstić information content (AvgIpc) is 2.45. The molecule has 1 atom stereocenters. The van der Waals surface area contributed by atoms with Crippen LogP contribution in [0.3, 0.4) is 0 Å². The van der Waals surface area contributed by atoms with Crippen LogP contribution in [0.4, 0.5) is 0 Å². The second-order valence-electron chi connectivity index (χ2n) is 4.34. The van der Waals surface area contributed by atoms with Gasteiger partial charge in [0, 0.05) is 6.08 Å². The summed E-state index contributed by atoms with van der Waals surface area (Å²) < 4.78 is 30.6. The summed E-state index contributed by atoms with van der Waals surface area (Å²) in [7, 11) is -3.91. The minimum Gasteiger partial charge on any atom is -0.480 e. The van der Waals surface area contributed by atoms with E-state index < -0.39 is 28.0 Å². The molecule has 1 aromatic carbocycles. The molecule has 1 rings (SSSR count). The summed E-state index contributed by atoms with van der Waals surface area (Å²) in [5, 5.41) is 8.72. The first-order valence-corrected chi connectivity index (χ1v) is 7.94. The molecular weight excluding hydrogens is 310 g/mol. The molecule has 8 heteroatoms. The van der Waals surface area contributed by atoms with Crippen molar-refractivity contribution in [1.82, 2.24) is 4.72 Å². The van der Waals surface area contributed by atoms with Gasteiger partial charge in [-0.25, -0.2) is 13.2 Å². The van der Waals surface area contributed by atoms with Gasteiger partial charge in [0.1, 0.15) is 6.04 Å². The van der Waals surface area contributed by atoms with Crippen LogP contribution in [0.25, 0.3) is 6.08 Å². The summed E-state index contributed by atoms with van der Waals surface area (Å²) >= 11 is 0. The van der Waals surface area contributed by atoms with Crippen LogP contribution in [0.2, 0.25) is 0 Å². The Morgan fingerprint density at radius 3 is 2.41 bits per heavy atom. The molecule has 0 fully saturated rings. The average molecular weight is 327 g/mol. The van der Waals surface area contributed by atoms with Gasteiger partial charge in [-0.05, 0) is 37.6 Å². The maximum atomic E-state index is 11.9.